The first-order valence-corrected chi connectivity index (χ1v) is 10.6. The zero-order valence-corrected chi connectivity index (χ0v) is 16.3. The molecule has 0 bridgehead atoms. The lowest BCUT2D eigenvalue weighted by molar-refractivity contribution is 0.102. The molecule has 152 valence electrons. The second kappa shape index (κ2) is 7.36. The molecular formula is C21H16FN3O4S. The summed E-state index contributed by atoms with van der Waals surface area (Å²) in [5, 5.41) is 8.18. The third-order valence-corrected chi connectivity index (χ3v) is 5.38. The summed E-state index contributed by atoms with van der Waals surface area (Å²) in [4.78, 5) is 28.5. The summed E-state index contributed by atoms with van der Waals surface area (Å²) in [6.07, 6.45) is 0. The van der Waals surface area contributed by atoms with Gasteiger partial charge in [0.2, 0.25) is 10.0 Å². The maximum Gasteiger partial charge on any atom is 0.257 e. The fourth-order valence-electron chi connectivity index (χ4n) is 3.29. The number of H-pyrrole nitrogens is 1. The van der Waals surface area contributed by atoms with Crippen LogP contribution in [0.4, 0.5) is 10.1 Å². The Bertz CT molecular complexity index is 1460. The number of hydrogen-bond acceptors (Lipinski definition) is 4. The summed E-state index contributed by atoms with van der Waals surface area (Å²) in [7, 11) is -3.66. The van der Waals surface area contributed by atoms with Gasteiger partial charge in [0, 0.05) is 16.5 Å². The van der Waals surface area contributed by atoms with Crippen LogP contribution < -0.4 is 15.9 Å². The van der Waals surface area contributed by atoms with Crippen LogP contribution in [0.15, 0.2) is 65.5 Å². The molecule has 0 aliphatic rings. The maximum absolute atomic E-state index is 14.2. The second-order valence-corrected chi connectivity index (χ2v) is 8.42. The Morgan fingerprint density at radius 1 is 0.967 bits per heavy atom. The number of para-hydroxylation sites is 2. The van der Waals surface area contributed by atoms with E-state index in [0.717, 1.165) is 0 Å². The van der Waals surface area contributed by atoms with Gasteiger partial charge in [0.05, 0.1) is 22.3 Å². The molecule has 0 saturated heterocycles. The summed E-state index contributed by atoms with van der Waals surface area (Å²) in [5.74, 6) is -1.41. The van der Waals surface area contributed by atoms with Crippen LogP contribution in [0, 0.1) is 5.82 Å². The van der Waals surface area contributed by atoms with Crippen molar-refractivity contribution in [1.82, 2.24) is 4.98 Å². The minimum absolute atomic E-state index is 0.0302. The smallest absolute Gasteiger partial charge is 0.257 e. The molecule has 0 aliphatic carbocycles. The van der Waals surface area contributed by atoms with E-state index >= 15 is 0 Å². The van der Waals surface area contributed by atoms with Crippen molar-refractivity contribution in [3.05, 3.63) is 87.8 Å². The van der Waals surface area contributed by atoms with Crippen LogP contribution in [0.5, 0.6) is 0 Å². The van der Waals surface area contributed by atoms with Gasteiger partial charge in [-0.15, -0.1) is 0 Å². The Balaban J connectivity index is 1.72. The van der Waals surface area contributed by atoms with Crippen molar-refractivity contribution in [2.24, 2.45) is 5.14 Å². The summed E-state index contributed by atoms with van der Waals surface area (Å²) in [6.45, 7) is 0. The van der Waals surface area contributed by atoms with Gasteiger partial charge >= 0.3 is 0 Å². The second-order valence-electron chi connectivity index (χ2n) is 6.80. The topological polar surface area (TPSA) is 122 Å². The van der Waals surface area contributed by atoms with E-state index in [9.17, 15) is 22.4 Å². The number of carbonyl (C=O) groups is 1. The van der Waals surface area contributed by atoms with Crippen molar-refractivity contribution in [2.75, 3.05) is 5.32 Å². The van der Waals surface area contributed by atoms with Gasteiger partial charge in [-0.25, -0.2) is 17.9 Å². The summed E-state index contributed by atoms with van der Waals surface area (Å²) in [6, 6.07) is 15.0. The number of nitrogens with one attached hydrogen (secondary N) is 2. The molecule has 0 unspecified atom stereocenters. The monoisotopic (exact) mass is 425 g/mol. The van der Waals surface area contributed by atoms with Crippen molar-refractivity contribution in [3.8, 4) is 0 Å². The van der Waals surface area contributed by atoms with Crippen LogP contribution in [0.25, 0.3) is 21.8 Å². The molecule has 4 aromatic rings. The molecule has 1 aromatic heterocycles. The number of primary sulfonamides is 1. The zero-order valence-electron chi connectivity index (χ0n) is 15.5. The molecule has 0 radical (unpaired) electrons. The molecular weight excluding hydrogens is 409 g/mol. The number of sulfonamides is 1. The minimum Gasteiger partial charge on any atom is -0.351 e. The van der Waals surface area contributed by atoms with Gasteiger partial charge in [0.1, 0.15) is 5.82 Å². The third-order valence-electron chi connectivity index (χ3n) is 4.64. The lowest BCUT2D eigenvalue weighted by Crippen LogP contribution is -2.16. The number of nitrogens with two attached hydrogens (primary N) is 1. The average molecular weight is 425 g/mol. The Kier molecular flexibility index (Phi) is 4.84. The normalized spacial score (nSPS) is 11.7. The van der Waals surface area contributed by atoms with E-state index in [1.165, 1.54) is 36.4 Å². The number of fused-ring (bicyclic) bond motifs is 2. The standard InChI is InChI=1S/C21H16FN3O4S/c22-17-6-2-4-15-19(17)25-18-14(20(15)26)3-1-5-16(18)21(27)24-13-9-7-12(8-10-13)11-30(23,28)29/h1-10H,11H2,(H,24,27)(H,25,26)(H2,23,28,29). The predicted molar refractivity (Wildman–Crippen MR) is 113 cm³/mol. The summed E-state index contributed by atoms with van der Waals surface area (Å²) in [5.41, 5.74) is 0.950. The van der Waals surface area contributed by atoms with Crippen LogP contribution in [0.3, 0.4) is 0 Å². The van der Waals surface area contributed by atoms with E-state index in [0.29, 0.717) is 11.3 Å². The number of hydrogen-bond donors (Lipinski definition) is 3. The van der Waals surface area contributed by atoms with Gasteiger partial charge in [-0.1, -0.05) is 24.3 Å². The lowest BCUT2D eigenvalue weighted by atomic mass is 10.1. The molecule has 0 atom stereocenters. The minimum atomic E-state index is -3.66. The maximum atomic E-state index is 14.2. The van der Waals surface area contributed by atoms with E-state index in [1.54, 1.807) is 24.3 Å². The van der Waals surface area contributed by atoms with Crippen LogP contribution >= 0.6 is 0 Å². The SMILES string of the molecule is NS(=O)(=O)Cc1ccc(NC(=O)c2cccc3c(=O)c4cccc(F)c4[nH]c23)cc1. The Hall–Kier alpha value is -3.56. The van der Waals surface area contributed by atoms with Crippen molar-refractivity contribution in [3.63, 3.8) is 0 Å². The molecule has 3 aromatic carbocycles. The molecule has 4 rings (SSSR count). The van der Waals surface area contributed by atoms with E-state index in [1.807, 2.05) is 0 Å². The van der Waals surface area contributed by atoms with Gasteiger partial charge in [-0.3, -0.25) is 9.59 Å². The van der Waals surface area contributed by atoms with Crippen molar-refractivity contribution >= 4 is 43.4 Å². The van der Waals surface area contributed by atoms with Crippen LogP contribution in [0.1, 0.15) is 15.9 Å². The average Bonchev–Trinajstić information content (AvgIpc) is 2.69. The van der Waals surface area contributed by atoms with Crippen LogP contribution in [-0.4, -0.2) is 19.3 Å². The molecule has 0 aliphatic heterocycles. The molecule has 0 fully saturated rings. The highest BCUT2D eigenvalue weighted by atomic mass is 32.2. The Morgan fingerprint density at radius 3 is 2.27 bits per heavy atom. The number of anilines is 1. The molecule has 1 amide bonds. The predicted octanol–water partition coefficient (Wildman–Crippen LogP) is 2.86. The Labute approximate surface area is 170 Å². The number of rotatable bonds is 4. The van der Waals surface area contributed by atoms with Gasteiger partial charge in [-0.2, -0.15) is 0 Å². The summed E-state index contributed by atoms with van der Waals surface area (Å²) < 4.78 is 36.5. The number of benzene rings is 3. The highest BCUT2D eigenvalue weighted by molar-refractivity contribution is 7.88. The van der Waals surface area contributed by atoms with Crippen molar-refractivity contribution in [1.29, 1.82) is 0 Å². The summed E-state index contributed by atoms with van der Waals surface area (Å²) >= 11 is 0. The first-order valence-electron chi connectivity index (χ1n) is 8.87. The van der Waals surface area contributed by atoms with Gasteiger partial charge in [-0.05, 0) is 42.0 Å². The number of pyridine rings is 1. The molecule has 9 heteroatoms. The Morgan fingerprint density at radius 2 is 1.60 bits per heavy atom. The molecule has 1 heterocycles. The third kappa shape index (κ3) is 3.80. The molecule has 0 saturated carbocycles. The van der Waals surface area contributed by atoms with Gasteiger partial charge in [0.25, 0.3) is 5.91 Å². The van der Waals surface area contributed by atoms with Crippen molar-refractivity contribution in [2.45, 2.75) is 5.75 Å². The molecule has 30 heavy (non-hydrogen) atoms. The zero-order chi connectivity index (χ0) is 21.5. The lowest BCUT2D eigenvalue weighted by Gasteiger charge is -2.10. The van der Waals surface area contributed by atoms with Gasteiger partial charge in [0.15, 0.2) is 5.43 Å². The van der Waals surface area contributed by atoms with Crippen LogP contribution in [0.2, 0.25) is 0 Å². The largest absolute Gasteiger partial charge is 0.351 e. The van der Waals surface area contributed by atoms with E-state index in [4.69, 9.17) is 5.14 Å². The fourth-order valence-corrected chi connectivity index (χ4v) is 3.95. The van der Waals surface area contributed by atoms with Crippen molar-refractivity contribution < 1.29 is 17.6 Å². The number of amides is 1. The quantitative estimate of drug-likeness (QED) is 0.435. The number of aromatic amines is 1. The van der Waals surface area contributed by atoms with E-state index in [2.05, 4.69) is 10.3 Å². The number of carbonyl (C=O) groups excluding carboxylic acids is 1. The van der Waals surface area contributed by atoms with E-state index in [-0.39, 0.29) is 38.6 Å². The molecule has 0 spiro atoms. The van der Waals surface area contributed by atoms with Crippen LogP contribution in [-0.2, 0) is 15.8 Å². The fraction of sp³-hybridized carbons (Fsp3) is 0.0476. The highest BCUT2D eigenvalue weighted by Crippen LogP contribution is 2.21. The number of halogens is 1. The molecule has 7 nitrogen and oxygen atoms in total. The van der Waals surface area contributed by atoms with E-state index < -0.39 is 21.7 Å². The first-order chi connectivity index (χ1) is 14.2. The first kappa shape index (κ1) is 19.7. The van der Waals surface area contributed by atoms with Gasteiger partial charge < -0.3 is 10.3 Å². The number of aromatic nitrogens is 1. The highest BCUT2D eigenvalue weighted by Gasteiger charge is 2.15. The molecule has 4 N–H and O–H groups in total.